The minimum Gasteiger partial charge on any atom is -0.397 e. The van der Waals surface area contributed by atoms with Crippen molar-refractivity contribution in [3.63, 3.8) is 0 Å². The van der Waals surface area contributed by atoms with Crippen LogP contribution in [0.2, 0.25) is 0 Å². The molecule has 0 aliphatic carbocycles. The first-order valence-corrected chi connectivity index (χ1v) is 8.24. The molecule has 0 saturated heterocycles. The van der Waals surface area contributed by atoms with Gasteiger partial charge in [-0.3, -0.25) is 0 Å². The predicted octanol–water partition coefficient (Wildman–Crippen LogP) is 4.73. The fraction of sp³-hybridized carbons (Fsp3) is 0.176. The monoisotopic (exact) mass is 314 g/mol. The lowest BCUT2D eigenvalue weighted by Crippen LogP contribution is -2.23. The molecule has 0 amide bonds. The van der Waals surface area contributed by atoms with E-state index in [-0.39, 0.29) is 4.71 Å². The highest BCUT2D eigenvalue weighted by Gasteiger charge is 2.30. The standard InChI is InChI=1S/C17H18N2S2/c1-11-7-9-13(10-8-11)16-12(2)19(17(20)21-16)15-6-4-3-5-14(15)18/h3-10,17,20H,18H2,1-2H3. The molecule has 2 aromatic rings. The van der Waals surface area contributed by atoms with Crippen molar-refractivity contribution in [2.75, 3.05) is 10.6 Å². The Labute approximate surface area is 135 Å². The Kier molecular flexibility index (Phi) is 3.91. The van der Waals surface area contributed by atoms with Crippen LogP contribution in [-0.2, 0) is 0 Å². The Morgan fingerprint density at radius 1 is 1.05 bits per heavy atom. The van der Waals surface area contributed by atoms with Crippen molar-refractivity contribution >= 4 is 40.7 Å². The summed E-state index contributed by atoms with van der Waals surface area (Å²) in [5.74, 6) is 0. The summed E-state index contributed by atoms with van der Waals surface area (Å²) in [4.78, 5) is 3.46. The lowest BCUT2D eigenvalue weighted by Gasteiger charge is -2.25. The van der Waals surface area contributed by atoms with Gasteiger partial charge in [0, 0.05) is 10.6 Å². The lowest BCUT2D eigenvalue weighted by atomic mass is 10.1. The van der Waals surface area contributed by atoms with E-state index in [1.165, 1.54) is 21.7 Å². The highest BCUT2D eigenvalue weighted by atomic mass is 32.2. The highest BCUT2D eigenvalue weighted by Crippen LogP contribution is 2.48. The van der Waals surface area contributed by atoms with E-state index >= 15 is 0 Å². The van der Waals surface area contributed by atoms with Crippen molar-refractivity contribution in [1.82, 2.24) is 0 Å². The highest BCUT2D eigenvalue weighted by molar-refractivity contribution is 8.17. The van der Waals surface area contributed by atoms with Crippen LogP contribution in [0, 0.1) is 6.92 Å². The topological polar surface area (TPSA) is 29.3 Å². The number of nitrogens with zero attached hydrogens (tertiary/aromatic N) is 1. The molecular weight excluding hydrogens is 296 g/mol. The van der Waals surface area contributed by atoms with Gasteiger partial charge in [0.25, 0.3) is 0 Å². The first-order valence-electron chi connectivity index (χ1n) is 6.84. The number of thioether (sulfide) groups is 1. The number of aryl methyl sites for hydroxylation is 1. The molecule has 0 aromatic heterocycles. The third-order valence-electron chi connectivity index (χ3n) is 3.64. The number of allylic oxidation sites excluding steroid dienone is 1. The van der Waals surface area contributed by atoms with Gasteiger partial charge in [-0.15, -0.1) is 12.6 Å². The van der Waals surface area contributed by atoms with Gasteiger partial charge in [-0.25, -0.2) is 0 Å². The van der Waals surface area contributed by atoms with E-state index in [1.54, 1.807) is 11.8 Å². The molecule has 1 unspecified atom stereocenters. The molecule has 21 heavy (non-hydrogen) atoms. The summed E-state index contributed by atoms with van der Waals surface area (Å²) >= 11 is 6.49. The number of benzene rings is 2. The van der Waals surface area contributed by atoms with Gasteiger partial charge in [0.15, 0.2) is 0 Å². The average molecular weight is 314 g/mol. The van der Waals surface area contributed by atoms with Crippen molar-refractivity contribution < 1.29 is 0 Å². The summed E-state index contributed by atoms with van der Waals surface area (Å²) in [7, 11) is 0. The molecular formula is C17H18N2S2. The van der Waals surface area contributed by atoms with Gasteiger partial charge in [0.1, 0.15) is 4.71 Å². The molecule has 3 rings (SSSR count). The number of nitrogens with two attached hydrogens (primary N) is 1. The van der Waals surface area contributed by atoms with Gasteiger partial charge in [-0.1, -0.05) is 53.7 Å². The van der Waals surface area contributed by atoms with Gasteiger partial charge in [0.05, 0.1) is 11.4 Å². The predicted molar refractivity (Wildman–Crippen MR) is 97.5 cm³/mol. The summed E-state index contributed by atoms with van der Waals surface area (Å²) in [6.07, 6.45) is 0. The van der Waals surface area contributed by atoms with Crippen molar-refractivity contribution in [2.45, 2.75) is 18.6 Å². The van der Waals surface area contributed by atoms with Crippen LogP contribution in [0.5, 0.6) is 0 Å². The van der Waals surface area contributed by atoms with E-state index in [0.717, 1.165) is 11.4 Å². The summed E-state index contributed by atoms with van der Waals surface area (Å²) in [6, 6.07) is 16.5. The van der Waals surface area contributed by atoms with E-state index in [0.29, 0.717) is 0 Å². The van der Waals surface area contributed by atoms with Crippen molar-refractivity contribution in [2.24, 2.45) is 0 Å². The number of thiol groups is 1. The molecule has 1 aliphatic heterocycles. The summed E-state index contributed by atoms with van der Waals surface area (Å²) < 4.78 is 0.0472. The second-order valence-corrected chi connectivity index (χ2v) is 7.08. The fourth-order valence-electron chi connectivity index (χ4n) is 2.51. The quantitative estimate of drug-likeness (QED) is 0.620. The Balaban J connectivity index is 2.04. The Morgan fingerprint density at radius 2 is 1.71 bits per heavy atom. The molecule has 108 valence electrons. The SMILES string of the molecule is CC1=C(c2ccc(C)cc2)SC(S)N1c1ccccc1N. The molecule has 2 aromatic carbocycles. The summed E-state index contributed by atoms with van der Waals surface area (Å²) in [5, 5.41) is 0. The van der Waals surface area contributed by atoms with Gasteiger partial charge >= 0.3 is 0 Å². The van der Waals surface area contributed by atoms with Crippen LogP contribution in [-0.4, -0.2) is 4.71 Å². The van der Waals surface area contributed by atoms with Crippen LogP contribution in [0.25, 0.3) is 4.91 Å². The molecule has 2 N–H and O–H groups in total. The number of hydrogen-bond acceptors (Lipinski definition) is 4. The van der Waals surface area contributed by atoms with Crippen LogP contribution in [0.3, 0.4) is 0 Å². The zero-order chi connectivity index (χ0) is 15.0. The maximum absolute atomic E-state index is 6.12. The van der Waals surface area contributed by atoms with E-state index in [4.69, 9.17) is 18.4 Å². The first kappa shape index (κ1) is 14.4. The number of rotatable bonds is 2. The van der Waals surface area contributed by atoms with Crippen LogP contribution in [0.15, 0.2) is 54.2 Å². The smallest absolute Gasteiger partial charge is 0.128 e. The number of para-hydroxylation sites is 2. The van der Waals surface area contributed by atoms with Crippen LogP contribution >= 0.6 is 24.4 Å². The maximum Gasteiger partial charge on any atom is 0.128 e. The summed E-state index contributed by atoms with van der Waals surface area (Å²) in [5.41, 5.74) is 11.6. The van der Waals surface area contributed by atoms with Gasteiger partial charge in [-0.2, -0.15) is 0 Å². The Morgan fingerprint density at radius 3 is 2.38 bits per heavy atom. The minimum atomic E-state index is 0.0472. The van der Waals surface area contributed by atoms with E-state index < -0.39 is 0 Å². The number of anilines is 2. The molecule has 1 aliphatic rings. The molecule has 0 fully saturated rings. The fourth-order valence-corrected chi connectivity index (χ4v) is 4.25. The van der Waals surface area contributed by atoms with Gasteiger partial charge in [-0.05, 0) is 31.5 Å². The third-order valence-corrected chi connectivity index (χ3v) is 5.38. The molecule has 0 bridgehead atoms. The Bertz CT molecular complexity index is 692. The maximum atomic E-state index is 6.12. The van der Waals surface area contributed by atoms with Gasteiger partial charge < -0.3 is 10.6 Å². The molecule has 2 nitrogen and oxygen atoms in total. The van der Waals surface area contributed by atoms with Crippen molar-refractivity contribution in [3.8, 4) is 0 Å². The van der Waals surface area contributed by atoms with Crippen LogP contribution in [0.1, 0.15) is 18.1 Å². The third kappa shape index (κ3) is 2.65. The molecule has 1 atom stereocenters. The molecule has 0 saturated carbocycles. The normalized spacial score (nSPS) is 18.4. The molecule has 0 spiro atoms. The number of nitrogen functional groups attached to an aromatic ring is 1. The van der Waals surface area contributed by atoms with E-state index in [9.17, 15) is 0 Å². The second-order valence-electron chi connectivity index (χ2n) is 5.15. The van der Waals surface area contributed by atoms with Crippen LogP contribution < -0.4 is 10.6 Å². The van der Waals surface area contributed by atoms with Crippen molar-refractivity contribution in [3.05, 3.63) is 65.4 Å². The van der Waals surface area contributed by atoms with E-state index in [1.807, 2.05) is 24.3 Å². The molecule has 1 heterocycles. The lowest BCUT2D eigenvalue weighted by molar-refractivity contribution is 1.06. The molecule has 4 heteroatoms. The summed E-state index contributed by atoms with van der Waals surface area (Å²) in [6.45, 7) is 4.23. The second kappa shape index (κ2) is 5.70. The van der Waals surface area contributed by atoms with E-state index in [2.05, 4.69) is 43.0 Å². The minimum absolute atomic E-state index is 0.0472. The Hall–Kier alpha value is -1.52. The first-order chi connectivity index (χ1) is 10.1. The van der Waals surface area contributed by atoms with Crippen LogP contribution in [0.4, 0.5) is 11.4 Å². The largest absolute Gasteiger partial charge is 0.397 e. The average Bonchev–Trinajstić information content (AvgIpc) is 2.76. The van der Waals surface area contributed by atoms with Gasteiger partial charge in [0.2, 0.25) is 0 Å². The van der Waals surface area contributed by atoms with Crippen molar-refractivity contribution in [1.29, 1.82) is 0 Å². The zero-order valence-electron chi connectivity index (χ0n) is 12.1. The zero-order valence-corrected chi connectivity index (χ0v) is 13.8. The number of hydrogen-bond donors (Lipinski definition) is 2. The molecule has 0 radical (unpaired) electrons.